The summed E-state index contributed by atoms with van der Waals surface area (Å²) in [5.41, 5.74) is 4.00. The van der Waals surface area contributed by atoms with Crippen molar-refractivity contribution in [3.63, 3.8) is 0 Å². The third-order valence-electron chi connectivity index (χ3n) is 6.10. The number of aliphatic hydroxyl groups excluding tert-OH is 1. The summed E-state index contributed by atoms with van der Waals surface area (Å²) < 4.78 is 29.8. The minimum atomic E-state index is -0.614. The quantitative estimate of drug-likeness (QED) is 0.501. The Morgan fingerprint density at radius 1 is 1.03 bits per heavy atom. The molecular weight excluding hydrogens is 414 g/mol. The molecule has 0 spiro atoms. The Hall–Kier alpha value is -3.30. The van der Waals surface area contributed by atoms with Crippen molar-refractivity contribution in [1.29, 1.82) is 0 Å². The van der Waals surface area contributed by atoms with Crippen molar-refractivity contribution in [1.82, 2.24) is 24.6 Å². The first-order valence-corrected chi connectivity index (χ1v) is 10.6. The number of hydrogen-bond acceptors (Lipinski definition) is 5. The van der Waals surface area contributed by atoms with Crippen LogP contribution in [0.2, 0.25) is 0 Å². The van der Waals surface area contributed by atoms with Gasteiger partial charge in [0.25, 0.3) is 0 Å². The number of benzene rings is 1. The van der Waals surface area contributed by atoms with Crippen LogP contribution in [0.4, 0.5) is 14.5 Å². The molecule has 1 saturated heterocycles. The Bertz CT molecular complexity index is 1260. The average molecular weight is 438 g/mol. The van der Waals surface area contributed by atoms with E-state index in [2.05, 4.69) is 24.9 Å². The fourth-order valence-electron chi connectivity index (χ4n) is 4.25. The van der Waals surface area contributed by atoms with Crippen LogP contribution in [0.15, 0.2) is 43.0 Å². The van der Waals surface area contributed by atoms with Crippen LogP contribution in [0.25, 0.3) is 27.8 Å². The molecule has 5 rings (SSSR count). The molecule has 32 heavy (non-hydrogen) atoms. The molecule has 166 valence electrons. The smallest absolute Gasteiger partial charge is 0.138 e. The third kappa shape index (κ3) is 3.74. The Labute approximate surface area is 183 Å². The molecule has 0 aliphatic carbocycles. The monoisotopic (exact) mass is 438 g/mol. The Balaban J connectivity index is 1.45. The van der Waals surface area contributed by atoms with Gasteiger partial charge in [0, 0.05) is 55.9 Å². The second kappa shape index (κ2) is 8.33. The number of H-pyrrole nitrogens is 1. The predicted molar refractivity (Wildman–Crippen MR) is 119 cm³/mol. The summed E-state index contributed by atoms with van der Waals surface area (Å²) in [7, 11) is 0. The maximum Gasteiger partial charge on any atom is 0.138 e. The van der Waals surface area contributed by atoms with Crippen molar-refractivity contribution in [2.45, 2.75) is 6.92 Å². The molecule has 4 heterocycles. The first-order chi connectivity index (χ1) is 15.5. The van der Waals surface area contributed by atoms with Gasteiger partial charge in [-0.05, 0) is 30.2 Å². The number of pyridine rings is 1. The molecule has 1 aliphatic rings. The van der Waals surface area contributed by atoms with Crippen LogP contribution in [0.3, 0.4) is 0 Å². The number of β-amino-alcohol motifs (C(OH)–C–C–N with tert-alkyl or cyclic N) is 1. The molecule has 2 N–H and O–H groups in total. The van der Waals surface area contributed by atoms with Gasteiger partial charge in [-0.3, -0.25) is 4.90 Å². The molecule has 1 aromatic carbocycles. The largest absolute Gasteiger partial charge is 0.395 e. The number of hydrogen-bond donors (Lipinski definition) is 2. The van der Waals surface area contributed by atoms with Gasteiger partial charge < -0.3 is 15.0 Å². The van der Waals surface area contributed by atoms with Gasteiger partial charge in [0.05, 0.1) is 36.6 Å². The Kier molecular flexibility index (Phi) is 5.36. The number of fused-ring (bicyclic) bond motifs is 1. The van der Waals surface area contributed by atoms with Crippen LogP contribution in [0.1, 0.15) is 5.56 Å². The van der Waals surface area contributed by atoms with Crippen LogP contribution in [0, 0.1) is 18.6 Å². The van der Waals surface area contributed by atoms with Crippen LogP contribution in [-0.2, 0) is 0 Å². The number of piperazine rings is 1. The highest BCUT2D eigenvalue weighted by Crippen LogP contribution is 2.33. The number of aliphatic hydroxyl groups is 1. The van der Waals surface area contributed by atoms with Crippen LogP contribution in [0.5, 0.6) is 0 Å². The second-order valence-corrected chi connectivity index (χ2v) is 8.05. The summed E-state index contributed by atoms with van der Waals surface area (Å²) in [6.45, 7) is 6.05. The maximum absolute atomic E-state index is 14.1. The Morgan fingerprint density at radius 2 is 1.84 bits per heavy atom. The SMILES string of the molecule is Cc1c(F)cc(F)cc1-c1c[nH]c2ncc(-n3cc(N4CCN(CCO)CC4)cn3)cc12. The van der Waals surface area contributed by atoms with E-state index < -0.39 is 11.6 Å². The fourth-order valence-corrected chi connectivity index (χ4v) is 4.25. The van der Waals surface area contributed by atoms with Crippen molar-refractivity contribution >= 4 is 16.7 Å². The molecule has 9 heteroatoms. The summed E-state index contributed by atoms with van der Waals surface area (Å²) in [5.74, 6) is -1.19. The summed E-state index contributed by atoms with van der Waals surface area (Å²) in [5, 5.41) is 14.4. The zero-order chi connectivity index (χ0) is 22.2. The molecule has 3 aromatic heterocycles. The minimum absolute atomic E-state index is 0.177. The number of rotatable bonds is 5. The topological polar surface area (TPSA) is 73.2 Å². The van der Waals surface area contributed by atoms with E-state index in [0.717, 1.165) is 49.0 Å². The molecule has 0 amide bonds. The minimum Gasteiger partial charge on any atom is -0.395 e. The predicted octanol–water partition coefficient (Wildman–Crippen LogP) is 3.12. The number of nitrogens with zero attached hydrogens (tertiary/aromatic N) is 5. The van der Waals surface area contributed by atoms with Crippen LogP contribution < -0.4 is 4.90 Å². The highest BCUT2D eigenvalue weighted by atomic mass is 19.1. The van der Waals surface area contributed by atoms with Gasteiger partial charge >= 0.3 is 0 Å². The number of aromatic amines is 1. The molecule has 0 radical (unpaired) electrons. The number of anilines is 1. The lowest BCUT2D eigenvalue weighted by molar-refractivity contribution is 0.189. The van der Waals surface area contributed by atoms with Gasteiger partial charge in [-0.1, -0.05) is 0 Å². The van der Waals surface area contributed by atoms with Crippen molar-refractivity contribution in [2.75, 3.05) is 44.2 Å². The second-order valence-electron chi connectivity index (χ2n) is 8.05. The molecule has 1 aliphatic heterocycles. The van der Waals surface area contributed by atoms with E-state index in [1.165, 1.54) is 6.07 Å². The molecule has 0 bridgehead atoms. The van der Waals surface area contributed by atoms with Crippen molar-refractivity contribution in [2.24, 2.45) is 0 Å². The zero-order valence-electron chi connectivity index (χ0n) is 17.7. The highest BCUT2D eigenvalue weighted by molar-refractivity contribution is 5.95. The molecule has 7 nitrogen and oxygen atoms in total. The van der Waals surface area contributed by atoms with Gasteiger partial charge in [0.15, 0.2) is 0 Å². The maximum atomic E-state index is 14.1. The third-order valence-corrected chi connectivity index (χ3v) is 6.10. The Morgan fingerprint density at radius 3 is 2.62 bits per heavy atom. The van der Waals surface area contributed by atoms with E-state index in [0.29, 0.717) is 28.9 Å². The first kappa shape index (κ1) is 20.6. The summed E-state index contributed by atoms with van der Waals surface area (Å²) >= 11 is 0. The molecule has 0 atom stereocenters. The molecule has 4 aromatic rings. The number of nitrogens with one attached hydrogen (secondary N) is 1. The lowest BCUT2D eigenvalue weighted by atomic mass is 10.00. The van der Waals surface area contributed by atoms with E-state index in [4.69, 9.17) is 5.11 Å². The first-order valence-electron chi connectivity index (χ1n) is 10.6. The lowest BCUT2D eigenvalue weighted by Crippen LogP contribution is -2.47. The number of aromatic nitrogens is 4. The van der Waals surface area contributed by atoms with Crippen LogP contribution >= 0.6 is 0 Å². The molecule has 1 fully saturated rings. The van der Waals surface area contributed by atoms with E-state index in [1.807, 2.05) is 18.5 Å². The van der Waals surface area contributed by atoms with Crippen molar-refractivity contribution in [3.05, 3.63) is 60.2 Å². The summed E-state index contributed by atoms with van der Waals surface area (Å²) in [6, 6.07) is 4.16. The van der Waals surface area contributed by atoms with E-state index >= 15 is 0 Å². The van der Waals surface area contributed by atoms with E-state index in [9.17, 15) is 8.78 Å². The zero-order valence-corrected chi connectivity index (χ0v) is 17.7. The van der Waals surface area contributed by atoms with E-state index in [-0.39, 0.29) is 6.61 Å². The van der Waals surface area contributed by atoms with Gasteiger partial charge in [0.2, 0.25) is 0 Å². The molecular formula is C23H24F2N6O. The van der Waals surface area contributed by atoms with Gasteiger partial charge in [-0.25, -0.2) is 18.4 Å². The van der Waals surface area contributed by atoms with Gasteiger partial charge in [-0.15, -0.1) is 0 Å². The molecule has 0 saturated carbocycles. The highest BCUT2D eigenvalue weighted by Gasteiger charge is 2.19. The summed E-state index contributed by atoms with van der Waals surface area (Å²) in [4.78, 5) is 12.1. The average Bonchev–Trinajstić information content (AvgIpc) is 3.44. The molecule has 0 unspecified atom stereocenters. The van der Waals surface area contributed by atoms with Crippen LogP contribution in [-0.4, -0.2) is 69.1 Å². The normalized spacial score (nSPS) is 15.1. The lowest BCUT2D eigenvalue weighted by Gasteiger charge is -2.34. The van der Waals surface area contributed by atoms with Crippen molar-refractivity contribution in [3.8, 4) is 16.8 Å². The summed E-state index contributed by atoms with van der Waals surface area (Å²) in [6.07, 6.45) is 7.24. The standard InChI is InChI=1S/C23H24F2N6O/c1-15-19(8-16(24)9-22(15)25)21-13-27-23-20(21)10-17(11-26-23)31-14-18(12-28-31)30-4-2-29(3-5-30)6-7-32/h8-14,32H,2-7H2,1H3,(H,26,27). The van der Waals surface area contributed by atoms with E-state index in [1.54, 1.807) is 24.0 Å². The van der Waals surface area contributed by atoms with Crippen molar-refractivity contribution < 1.29 is 13.9 Å². The van der Waals surface area contributed by atoms with Gasteiger partial charge in [-0.2, -0.15) is 5.10 Å². The van der Waals surface area contributed by atoms with Gasteiger partial charge in [0.1, 0.15) is 17.3 Å². The number of halogens is 2. The fraction of sp³-hybridized carbons (Fsp3) is 0.304.